The van der Waals surface area contributed by atoms with Gasteiger partial charge in [-0.15, -0.1) is 0 Å². The van der Waals surface area contributed by atoms with Gasteiger partial charge < -0.3 is 9.47 Å². The molecule has 29 heavy (non-hydrogen) atoms. The fourth-order valence-electron chi connectivity index (χ4n) is 3.98. The minimum atomic E-state index is -0.203. The molecule has 4 rings (SSSR count). The Morgan fingerprint density at radius 2 is 1.79 bits per heavy atom. The quantitative estimate of drug-likeness (QED) is 0.460. The van der Waals surface area contributed by atoms with E-state index in [2.05, 4.69) is 21.5 Å². The molecule has 0 aliphatic heterocycles. The zero-order chi connectivity index (χ0) is 20.1. The lowest BCUT2D eigenvalue weighted by Crippen LogP contribution is -2.20. The molecule has 2 heterocycles. The van der Waals surface area contributed by atoms with Gasteiger partial charge in [0.25, 0.3) is 0 Å². The number of thioether (sulfide) groups is 1. The molecule has 152 valence electrons. The van der Waals surface area contributed by atoms with Crippen LogP contribution in [0.4, 0.5) is 10.1 Å². The van der Waals surface area contributed by atoms with E-state index in [0.29, 0.717) is 6.04 Å². The van der Waals surface area contributed by atoms with Crippen LogP contribution in [0.15, 0.2) is 60.1 Å². The molecule has 1 aliphatic rings. The van der Waals surface area contributed by atoms with E-state index in [1.165, 1.54) is 49.9 Å². The molecule has 1 aromatic carbocycles. The summed E-state index contributed by atoms with van der Waals surface area (Å²) < 4.78 is 15.8. The van der Waals surface area contributed by atoms with Crippen molar-refractivity contribution in [2.75, 3.05) is 24.2 Å². The standard InChI is InChI=1S/C23H27FN4S/c1-27(20-11-13-25-14-12-20)15-16-29-23-26-17-22(18-7-9-19(24)10-8-18)28(23)21-5-3-2-4-6-21/h7-14,17,21H,2-6,15-16H2,1H3. The third-order valence-corrected chi connectivity index (χ3v) is 6.55. The van der Waals surface area contributed by atoms with Gasteiger partial charge in [0.1, 0.15) is 5.82 Å². The van der Waals surface area contributed by atoms with Crippen molar-refractivity contribution in [1.82, 2.24) is 14.5 Å². The molecule has 1 fully saturated rings. The average molecular weight is 411 g/mol. The predicted molar refractivity (Wildman–Crippen MR) is 118 cm³/mol. The Bertz CT molecular complexity index is 904. The minimum Gasteiger partial charge on any atom is -0.374 e. The molecule has 3 aromatic rings. The summed E-state index contributed by atoms with van der Waals surface area (Å²) in [5.74, 6) is 0.747. The number of benzene rings is 1. The van der Waals surface area contributed by atoms with Gasteiger partial charge in [0.15, 0.2) is 5.16 Å². The Balaban J connectivity index is 1.52. The highest BCUT2D eigenvalue weighted by Gasteiger charge is 2.22. The first-order valence-electron chi connectivity index (χ1n) is 10.3. The van der Waals surface area contributed by atoms with Crippen LogP contribution in [0.2, 0.25) is 0 Å². The fraction of sp³-hybridized carbons (Fsp3) is 0.391. The summed E-state index contributed by atoms with van der Waals surface area (Å²) in [4.78, 5) is 11.1. The van der Waals surface area contributed by atoms with Gasteiger partial charge in [-0.2, -0.15) is 0 Å². The molecule has 4 nitrogen and oxygen atoms in total. The Morgan fingerprint density at radius 1 is 1.07 bits per heavy atom. The minimum absolute atomic E-state index is 0.203. The second-order valence-electron chi connectivity index (χ2n) is 7.57. The van der Waals surface area contributed by atoms with Crippen molar-refractivity contribution in [3.05, 3.63) is 60.8 Å². The van der Waals surface area contributed by atoms with Gasteiger partial charge >= 0.3 is 0 Å². The van der Waals surface area contributed by atoms with Gasteiger partial charge in [-0.05, 0) is 54.8 Å². The number of rotatable bonds is 7. The molecule has 0 atom stereocenters. The maximum absolute atomic E-state index is 13.4. The van der Waals surface area contributed by atoms with E-state index in [-0.39, 0.29) is 5.82 Å². The summed E-state index contributed by atoms with van der Waals surface area (Å²) in [7, 11) is 2.10. The van der Waals surface area contributed by atoms with E-state index in [1.807, 2.05) is 42.9 Å². The first-order valence-corrected chi connectivity index (χ1v) is 11.3. The van der Waals surface area contributed by atoms with Crippen LogP contribution < -0.4 is 4.90 Å². The molecule has 0 N–H and O–H groups in total. The van der Waals surface area contributed by atoms with Crippen molar-refractivity contribution in [2.24, 2.45) is 0 Å². The Labute approximate surface area is 176 Å². The monoisotopic (exact) mass is 410 g/mol. The van der Waals surface area contributed by atoms with Crippen LogP contribution in [0.5, 0.6) is 0 Å². The number of halogens is 1. The molecule has 1 saturated carbocycles. The van der Waals surface area contributed by atoms with E-state index in [0.717, 1.165) is 28.7 Å². The summed E-state index contributed by atoms with van der Waals surface area (Å²) in [6, 6.07) is 11.3. The van der Waals surface area contributed by atoms with E-state index in [4.69, 9.17) is 4.98 Å². The number of aromatic nitrogens is 3. The molecule has 0 spiro atoms. The topological polar surface area (TPSA) is 34.0 Å². The highest BCUT2D eigenvalue weighted by molar-refractivity contribution is 7.99. The molecule has 0 bridgehead atoms. The lowest BCUT2D eigenvalue weighted by atomic mass is 9.95. The smallest absolute Gasteiger partial charge is 0.168 e. The van der Waals surface area contributed by atoms with Crippen LogP contribution in [-0.2, 0) is 0 Å². The maximum atomic E-state index is 13.4. The summed E-state index contributed by atoms with van der Waals surface area (Å²) in [6.45, 7) is 0.929. The molecular formula is C23H27FN4S. The van der Waals surface area contributed by atoms with Gasteiger partial charge in [0, 0.05) is 43.5 Å². The number of hydrogen-bond donors (Lipinski definition) is 0. The Hall–Kier alpha value is -2.34. The number of pyridine rings is 1. The van der Waals surface area contributed by atoms with Gasteiger partial charge in [-0.3, -0.25) is 4.98 Å². The van der Waals surface area contributed by atoms with Crippen LogP contribution >= 0.6 is 11.8 Å². The van der Waals surface area contributed by atoms with E-state index in [1.54, 1.807) is 11.8 Å². The highest BCUT2D eigenvalue weighted by atomic mass is 32.2. The number of nitrogens with zero attached hydrogens (tertiary/aromatic N) is 4. The fourth-order valence-corrected chi connectivity index (χ4v) is 5.04. The summed E-state index contributed by atoms with van der Waals surface area (Å²) in [5, 5.41) is 1.07. The molecule has 2 aromatic heterocycles. The molecule has 0 saturated heterocycles. The zero-order valence-corrected chi connectivity index (χ0v) is 17.6. The lowest BCUT2D eigenvalue weighted by molar-refractivity contribution is 0.339. The van der Waals surface area contributed by atoms with Gasteiger partial charge in [0.05, 0.1) is 11.9 Å². The van der Waals surface area contributed by atoms with Crippen LogP contribution in [0, 0.1) is 5.82 Å². The number of imidazole rings is 1. The molecule has 0 unspecified atom stereocenters. The van der Waals surface area contributed by atoms with Crippen molar-refractivity contribution in [2.45, 2.75) is 43.3 Å². The van der Waals surface area contributed by atoms with Crippen molar-refractivity contribution in [3.8, 4) is 11.3 Å². The number of anilines is 1. The van der Waals surface area contributed by atoms with E-state index in [9.17, 15) is 4.39 Å². The van der Waals surface area contributed by atoms with E-state index < -0.39 is 0 Å². The van der Waals surface area contributed by atoms with Crippen molar-refractivity contribution < 1.29 is 4.39 Å². The second-order valence-corrected chi connectivity index (χ2v) is 8.63. The van der Waals surface area contributed by atoms with Crippen molar-refractivity contribution in [1.29, 1.82) is 0 Å². The third-order valence-electron chi connectivity index (χ3n) is 5.60. The molecule has 6 heteroatoms. The first-order chi connectivity index (χ1) is 14.2. The van der Waals surface area contributed by atoms with Gasteiger partial charge in [-0.1, -0.05) is 31.0 Å². The molecular weight excluding hydrogens is 383 g/mol. The lowest BCUT2D eigenvalue weighted by Gasteiger charge is -2.27. The summed E-state index contributed by atoms with van der Waals surface area (Å²) in [6.07, 6.45) is 11.8. The van der Waals surface area contributed by atoms with Crippen molar-refractivity contribution >= 4 is 17.4 Å². The van der Waals surface area contributed by atoms with E-state index >= 15 is 0 Å². The van der Waals surface area contributed by atoms with Crippen molar-refractivity contribution in [3.63, 3.8) is 0 Å². The first kappa shape index (κ1) is 20.0. The highest BCUT2D eigenvalue weighted by Crippen LogP contribution is 2.36. The second kappa shape index (κ2) is 9.44. The van der Waals surface area contributed by atoms with Crippen LogP contribution in [0.25, 0.3) is 11.3 Å². The normalized spacial score (nSPS) is 14.8. The Morgan fingerprint density at radius 3 is 2.52 bits per heavy atom. The zero-order valence-electron chi connectivity index (χ0n) is 16.8. The van der Waals surface area contributed by atoms with Gasteiger partial charge in [-0.25, -0.2) is 9.37 Å². The SMILES string of the molecule is CN(CCSc1ncc(-c2ccc(F)cc2)n1C1CCCCC1)c1ccncc1. The maximum Gasteiger partial charge on any atom is 0.168 e. The van der Waals surface area contributed by atoms with Gasteiger partial charge in [0.2, 0.25) is 0 Å². The van der Waals surface area contributed by atoms with Crippen LogP contribution in [0.1, 0.15) is 38.1 Å². The van der Waals surface area contributed by atoms with Crippen LogP contribution in [-0.4, -0.2) is 33.9 Å². The van der Waals surface area contributed by atoms with Crippen LogP contribution in [0.3, 0.4) is 0 Å². The summed E-state index contributed by atoms with van der Waals surface area (Å²) >= 11 is 1.80. The summed E-state index contributed by atoms with van der Waals surface area (Å²) in [5.41, 5.74) is 3.30. The molecule has 0 amide bonds. The largest absolute Gasteiger partial charge is 0.374 e. The molecule has 0 radical (unpaired) electrons. The average Bonchev–Trinajstić information content (AvgIpc) is 3.19. The third kappa shape index (κ3) is 4.81. The number of hydrogen-bond acceptors (Lipinski definition) is 4. The molecule has 1 aliphatic carbocycles. The Kier molecular flexibility index (Phi) is 6.49. The predicted octanol–water partition coefficient (Wildman–Crippen LogP) is 5.82.